The first-order valence-corrected chi connectivity index (χ1v) is 5.42. The minimum absolute atomic E-state index is 0.0718. The van der Waals surface area contributed by atoms with Crippen LogP contribution in [0.25, 0.3) is 0 Å². The van der Waals surface area contributed by atoms with Crippen LogP contribution in [-0.2, 0) is 0 Å². The largest absolute Gasteiger partial charge is 0.507 e. The standard InChI is InChI=1S/C12H17N3O3/c1-7-4-5-9(10(16)6-7)12(17)15(3)8(2)11(13)14-18/h4-6,8,16,18H,1-3H3,(H2,13,14). The van der Waals surface area contributed by atoms with Gasteiger partial charge in [0.2, 0.25) is 0 Å². The van der Waals surface area contributed by atoms with Gasteiger partial charge in [-0.05, 0) is 31.5 Å². The summed E-state index contributed by atoms with van der Waals surface area (Å²) in [6.07, 6.45) is 0. The van der Waals surface area contributed by atoms with Crippen LogP contribution in [0.5, 0.6) is 5.75 Å². The van der Waals surface area contributed by atoms with E-state index in [9.17, 15) is 9.90 Å². The molecule has 1 aromatic carbocycles. The first kappa shape index (κ1) is 13.8. The molecule has 6 nitrogen and oxygen atoms in total. The Hall–Kier alpha value is -2.24. The summed E-state index contributed by atoms with van der Waals surface area (Å²) in [7, 11) is 1.52. The van der Waals surface area contributed by atoms with Crippen molar-refractivity contribution in [3.05, 3.63) is 29.3 Å². The lowest BCUT2D eigenvalue weighted by Gasteiger charge is -2.24. The van der Waals surface area contributed by atoms with Crippen LogP contribution < -0.4 is 5.73 Å². The summed E-state index contributed by atoms with van der Waals surface area (Å²) < 4.78 is 0. The predicted molar refractivity (Wildman–Crippen MR) is 67.8 cm³/mol. The molecule has 1 atom stereocenters. The number of amidine groups is 1. The highest BCUT2D eigenvalue weighted by molar-refractivity contribution is 5.99. The molecule has 0 heterocycles. The van der Waals surface area contributed by atoms with Crippen LogP contribution in [0.15, 0.2) is 23.4 Å². The molecule has 0 aliphatic heterocycles. The molecule has 0 saturated carbocycles. The number of nitrogens with zero attached hydrogens (tertiary/aromatic N) is 2. The van der Waals surface area contributed by atoms with Gasteiger partial charge < -0.3 is 20.9 Å². The lowest BCUT2D eigenvalue weighted by atomic mass is 10.1. The molecule has 0 spiro atoms. The van der Waals surface area contributed by atoms with E-state index < -0.39 is 11.9 Å². The smallest absolute Gasteiger partial charge is 0.257 e. The monoisotopic (exact) mass is 251 g/mol. The summed E-state index contributed by atoms with van der Waals surface area (Å²) in [5, 5.41) is 21.2. The van der Waals surface area contributed by atoms with Crippen molar-refractivity contribution in [1.29, 1.82) is 0 Å². The molecule has 1 aromatic rings. The van der Waals surface area contributed by atoms with Gasteiger partial charge in [-0.25, -0.2) is 0 Å². The number of phenols is 1. The van der Waals surface area contributed by atoms with Gasteiger partial charge in [-0.15, -0.1) is 0 Å². The van der Waals surface area contributed by atoms with Crippen LogP contribution in [0.2, 0.25) is 0 Å². The molecule has 6 heteroatoms. The van der Waals surface area contributed by atoms with Crippen molar-refractivity contribution in [3.63, 3.8) is 0 Å². The molecular formula is C12H17N3O3. The summed E-state index contributed by atoms with van der Waals surface area (Å²) >= 11 is 0. The summed E-state index contributed by atoms with van der Waals surface area (Å²) in [5.74, 6) is -0.553. The average molecular weight is 251 g/mol. The number of nitrogens with two attached hydrogens (primary N) is 1. The third-order valence-corrected chi connectivity index (χ3v) is 2.83. The molecule has 1 amide bonds. The molecule has 0 fully saturated rings. The van der Waals surface area contributed by atoms with Gasteiger partial charge in [0.15, 0.2) is 5.84 Å². The Bertz CT molecular complexity index is 485. The predicted octanol–water partition coefficient (Wildman–Crippen LogP) is 0.908. The van der Waals surface area contributed by atoms with Crippen molar-refractivity contribution >= 4 is 11.7 Å². The second-order valence-electron chi connectivity index (χ2n) is 4.14. The first-order valence-electron chi connectivity index (χ1n) is 5.42. The number of likely N-dealkylation sites (N-methyl/N-ethyl adjacent to an activating group) is 1. The van der Waals surface area contributed by atoms with Crippen molar-refractivity contribution in [2.75, 3.05) is 7.05 Å². The molecule has 18 heavy (non-hydrogen) atoms. The number of carbonyl (C=O) groups excluding carboxylic acids is 1. The Kier molecular flexibility index (Phi) is 4.14. The zero-order chi connectivity index (χ0) is 13.9. The van der Waals surface area contributed by atoms with Gasteiger partial charge in [0.1, 0.15) is 5.75 Å². The minimum atomic E-state index is -0.566. The SMILES string of the molecule is Cc1ccc(C(=O)N(C)C(C)C(N)=NO)c(O)c1. The average Bonchev–Trinajstić information content (AvgIpc) is 2.35. The Morgan fingerprint density at radius 2 is 2.11 bits per heavy atom. The zero-order valence-electron chi connectivity index (χ0n) is 10.6. The molecule has 0 radical (unpaired) electrons. The maximum atomic E-state index is 12.1. The van der Waals surface area contributed by atoms with E-state index in [-0.39, 0.29) is 17.1 Å². The number of hydrogen-bond acceptors (Lipinski definition) is 4. The molecule has 0 saturated heterocycles. The quantitative estimate of drug-likeness (QED) is 0.322. The lowest BCUT2D eigenvalue weighted by Crippen LogP contribution is -2.43. The van der Waals surface area contributed by atoms with Crippen LogP contribution in [0.3, 0.4) is 0 Å². The number of benzene rings is 1. The highest BCUT2D eigenvalue weighted by Gasteiger charge is 2.22. The van der Waals surface area contributed by atoms with Gasteiger partial charge in [-0.3, -0.25) is 4.79 Å². The van der Waals surface area contributed by atoms with Crippen LogP contribution in [-0.4, -0.2) is 40.0 Å². The summed E-state index contributed by atoms with van der Waals surface area (Å²) in [4.78, 5) is 13.4. The van der Waals surface area contributed by atoms with Crippen LogP contribution in [0.1, 0.15) is 22.8 Å². The molecule has 4 N–H and O–H groups in total. The molecular weight excluding hydrogens is 234 g/mol. The number of hydrogen-bond donors (Lipinski definition) is 3. The van der Waals surface area contributed by atoms with E-state index in [2.05, 4.69) is 5.16 Å². The summed E-state index contributed by atoms with van der Waals surface area (Å²) in [5.41, 5.74) is 6.48. The van der Waals surface area contributed by atoms with Gasteiger partial charge in [-0.1, -0.05) is 11.2 Å². The van der Waals surface area contributed by atoms with E-state index in [0.717, 1.165) is 5.56 Å². The fourth-order valence-corrected chi connectivity index (χ4v) is 1.47. The van der Waals surface area contributed by atoms with Crippen molar-refractivity contribution < 1.29 is 15.1 Å². The first-order chi connectivity index (χ1) is 8.38. The summed E-state index contributed by atoms with van der Waals surface area (Å²) in [6.45, 7) is 3.44. The Morgan fingerprint density at radius 1 is 1.50 bits per heavy atom. The molecule has 0 aliphatic carbocycles. The summed E-state index contributed by atoms with van der Waals surface area (Å²) in [6, 6.07) is 4.22. The van der Waals surface area contributed by atoms with E-state index in [1.807, 2.05) is 6.92 Å². The van der Waals surface area contributed by atoms with E-state index >= 15 is 0 Å². The minimum Gasteiger partial charge on any atom is -0.507 e. The number of amides is 1. The third-order valence-electron chi connectivity index (χ3n) is 2.83. The van der Waals surface area contributed by atoms with Gasteiger partial charge in [-0.2, -0.15) is 0 Å². The fraction of sp³-hybridized carbons (Fsp3) is 0.333. The normalized spacial score (nSPS) is 13.2. The number of phenolic OH excluding ortho intramolecular Hbond substituents is 1. The molecule has 0 aromatic heterocycles. The fourth-order valence-electron chi connectivity index (χ4n) is 1.47. The number of aryl methyl sites for hydroxylation is 1. The third kappa shape index (κ3) is 2.71. The van der Waals surface area contributed by atoms with Gasteiger partial charge in [0.05, 0.1) is 11.6 Å². The van der Waals surface area contributed by atoms with Crippen molar-refractivity contribution in [1.82, 2.24) is 4.90 Å². The number of carbonyl (C=O) groups is 1. The topological polar surface area (TPSA) is 99.2 Å². The highest BCUT2D eigenvalue weighted by atomic mass is 16.4. The maximum Gasteiger partial charge on any atom is 0.257 e. The van der Waals surface area contributed by atoms with E-state index in [1.54, 1.807) is 19.1 Å². The Balaban J connectivity index is 3.00. The van der Waals surface area contributed by atoms with Crippen LogP contribution in [0.4, 0.5) is 0 Å². The molecule has 1 rings (SSSR count). The van der Waals surface area contributed by atoms with E-state index in [1.165, 1.54) is 18.0 Å². The van der Waals surface area contributed by atoms with Gasteiger partial charge in [0, 0.05) is 7.05 Å². The second-order valence-corrected chi connectivity index (χ2v) is 4.14. The molecule has 0 aliphatic rings. The Labute approximate surface area is 105 Å². The van der Waals surface area contributed by atoms with Crippen molar-refractivity contribution in [2.45, 2.75) is 19.9 Å². The van der Waals surface area contributed by atoms with Crippen LogP contribution in [0, 0.1) is 6.92 Å². The number of oxime groups is 1. The van der Waals surface area contributed by atoms with E-state index in [0.29, 0.717) is 0 Å². The maximum absolute atomic E-state index is 12.1. The van der Waals surface area contributed by atoms with Crippen molar-refractivity contribution in [2.24, 2.45) is 10.9 Å². The second kappa shape index (κ2) is 5.39. The van der Waals surface area contributed by atoms with Crippen LogP contribution >= 0.6 is 0 Å². The van der Waals surface area contributed by atoms with E-state index in [4.69, 9.17) is 10.9 Å². The number of aromatic hydroxyl groups is 1. The Morgan fingerprint density at radius 3 is 2.61 bits per heavy atom. The van der Waals surface area contributed by atoms with Gasteiger partial charge in [0.25, 0.3) is 5.91 Å². The molecule has 98 valence electrons. The number of rotatable bonds is 3. The molecule has 0 bridgehead atoms. The zero-order valence-corrected chi connectivity index (χ0v) is 10.6. The lowest BCUT2D eigenvalue weighted by molar-refractivity contribution is 0.0773. The molecule has 1 unspecified atom stereocenters. The van der Waals surface area contributed by atoms with Crippen molar-refractivity contribution in [3.8, 4) is 5.75 Å². The highest BCUT2D eigenvalue weighted by Crippen LogP contribution is 2.20. The van der Waals surface area contributed by atoms with Gasteiger partial charge >= 0.3 is 0 Å².